The molecule has 1 saturated heterocycles. The Morgan fingerprint density at radius 1 is 1.09 bits per heavy atom. The molecule has 5 heteroatoms. The van der Waals surface area contributed by atoms with Crippen LogP contribution in [0.4, 0.5) is 5.95 Å². The zero-order chi connectivity index (χ0) is 15.4. The van der Waals surface area contributed by atoms with E-state index in [4.69, 9.17) is 0 Å². The number of anilines is 1. The fourth-order valence-electron chi connectivity index (χ4n) is 3.41. The molecule has 0 radical (unpaired) electrons. The summed E-state index contributed by atoms with van der Waals surface area (Å²) in [6.07, 6.45) is 9.54. The number of piperidine rings is 1. The molecule has 0 atom stereocenters. The first-order valence-corrected chi connectivity index (χ1v) is 8.64. The minimum Gasteiger partial charge on any atom is -0.348 e. The van der Waals surface area contributed by atoms with Crippen LogP contribution in [0.25, 0.3) is 0 Å². The first-order valence-electron chi connectivity index (χ1n) is 8.64. The lowest BCUT2D eigenvalue weighted by Crippen LogP contribution is -2.37. The van der Waals surface area contributed by atoms with Gasteiger partial charge in [0.25, 0.3) is 5.91 Å². The van der Waals surface area contributed by atoms with Crippen molar-refractivity contribution in [3.8, 4) is 0 Å². The number of aryl methyl sites for hydroxylation is 1. The quantitative estimate of drug-likeness (QED) is 0.933. The molecule has 1 aromatic rings. The normalized spacial score (nSPS) is 20.0. The topological polar surface area (TPSA) is 58.1 Å². The second-order valence-corrected chi connectivity index (χ2v) is 6.55. The van der Waals surface area contributed by atoms with Crippen LogP contribution in [0, 0.1) is 6.92 Å². The van der Waals surface area contributed by atoms with E-state index >= 15 is 0 Å². The number of carbonyl (C=O) groups is 1. The average Bonchev–Trinajstić information content (AvgIpc) is 2.56. The van der Waals surface area contributed by atoms with Crippen LogP contribution >= 0.6 is 0 Å². The van der Waals surface area contributed by atoms with E-state index < -0.39 is 0 Å². The summed E-state index contributed by atoms with van der Waals surface area (Å²) in [5, 5.41) is 3.14. The second kappa shape index (κ2) is 7.07. The van der Waals surface area contributed by atoms with E-state index in [2.05, 4.69) is 20.2 Å². The zero-order valence-electron chi connectivity index (χ0n) is 13.5. The molecule has 2 aliphatic rings. The van der Waals surface area contributed by atoms with Crippen molar-refractivity contribution in [2.75, 3.05) is 18.0 Å². The van der Waals surface area contributed by atoms with E-state index in [1.54, 1.807) is 6.07 Å². The summed E-state index contributed by atoms with van der Waals surface area (Å²) in [5.74, 6) is 0.671. The minimum atomic E-state index is -0.0457. The van der Waals surface area contributed by atoms with Gasteiger partial charge in [0, 0.05) is 24.8 Å². The largest absolute Gasteiger partial charge is 0.348 e. The Morgan fingerprint density at radius 2 is 1.77 bits per heavy atom. The summed E-state index contributed by atoms with van der Waals surface area (Å²) >= 11 is 0. The van der Waals surface area contributed by atoms with Crippen molar-refractivity contribution in [3.63, 3.8) is 0 Å². The van der Waals surface area contributed by atoms with Crippen LogP contribution in [0.5, 0.6) is 0 Å². The maximum atomic E-state index is 12.5. The van der Waals surface area contributed by atoms with Crippen LogP contribution in [0.3, 0.4) is 0 Å². The molecule has 2 heterocycles. The molecule has 1 aliphatic heterocycles. The van der Waals surface area contributed by atoms with E-state index in [1.807, 2.05) is 6.92 Å². The summed E-state index contributed by atoms with van der Waals surface area (Å²) in [7, 11) is 0. The number of hydrogen-bond donors (Lipinski definition) is 1. The van der Waals surface area contributed by atoms with Gasteiger partial charge >= 0.3 is 0 Å². The van der Waals surface area contributed by atoms with Crippen LogP contribution in [-0.2, 0) is 0 Å². The summed E-state index contributed by atoms with van der Waals surface area (Å²) in [4.78, 5) is 23.7. The van der Waals surface area contributed by atoms with Crippen molar-refractivity contribution in [2.24, 2.45) is 0 Å². The molecule has 1 aliphatic carbocycles. The molecular formula is C17H26N4O. The lowest BCUT2D eigenvalue weighted by molar-refractivity contribution is 0.0922. The maximum Gasteiger partial charge on any atom is 0.270 e. The smallest absolute Gasteiger partial charge is 0.270 e. The van der Waals surface area contributed by atoms with Crippen molar-refractivity contribution in [3.05, 3.63) is 17.5 Å². The fraction of sp³-hybridized carbons (Fsp3) is 0.706. The number of nitrogens with zero attached hydrogens (tertiary/aromatic N) is 3. The summed E-state index contributed by atoms with van der Waals surface area (Å²) in [5.41, 5.74) is 1.38. The van der Waals surface area contributed by atoms with Crippen LogP contribution < -0.4 is 10.2 Å². The molecule has 22 heavy (non-hydrogen) atoms. The third kappa shape index (κ3) is 3.76. The van der Waals surface area contributed by atoms with Crippen LogP contribution in [0.1, 0.15) is 67.5 Å². The van der Waals surface area contributed by atoms with Crippen molar-refractivity contribution in [1.82, 2.24) is 15.3 Å². The first kappa shape index (κ1) is 15.3. The molecule has 2 fully saturated rings. The number of nitrogens with one attached hydrogen (secondary N) is 1. The van der Waals surface area contributed by atoms with Gasteiger partial charge in [0.1, 0.15) is 5.69 Å². The molecule has 0 unspecified atom stereocenters. The summed E-state index contributed by atoms with van der Waals surface area (Å²) in [6.45, 7) is 3.92. The summed E-state index contributed by atoms with van der Waals surface area (Å²) < 4.78 is 0. The molecule has 3 rings (SSSR count). The van der Waals surface area contributed by atoms with E-state index in [1.165, 1.54) is 38.5 Å². The van der Waals surface area contributed by atoms with Crippen LogP contribution in [0.2, 0.25) is 0 Å². The lowest BCUT2D eigenvalue weighted by atomic mass is 9.95. The minimum absolute atomic E-state index is 0.0457. The Labute approximate surface area is 132 Å². The van der Waals surface area contributed by atoms with Crippen LogP contribution in [0.15, 0.2) is 6.07 Å². The van der Waals surface area contributed by atoms with Gasteiger partial charge in [-0.2, -0.15) is 0 Å². The predicted octanol–water partition coefficient (Wildman–Crippen LogP) is 2.84. The molecule has 1 saturated carbocycles. The van der Waals surface area contributed by atoms with Gasteiger partial charge in [0.05, 0.1) is 0 Å². The Hall–Kier alpha value is -1.65. The van der Waals surface area contributed by atoms with Gasteiger partial charge < -0.3 is 10.2 Å². The van der Waals surface area contributed by atoms with E-state index in [-0.39, 0.29) is 5.91 Å². The number of rotatable bonds is 3. The number of hydrogen-bond acceptors (Lipinski definition) is 4. The molecule has 120 valence electrons. The maximum absolute atomic E-state index is 12.5. The highest BCUT2D eigenvalue weighted by Crippen LogP contribution is 2.19. The van der Waals surface area contributed by atoms with Gasteiger partial charge in [-0.15, -0.1) is 0 Å². The van der Waals surface area contributed by atoms with Gasteiger partial charge in [-0.3, -0.25) is 4.79 Å². The van der Waals surface area contributed by atoms with Crippen molar-refractivity contribution in [2.45, 2.75) is 64.3 Å². The first-order chi connectivity index (χ1) is 10.7. The monoisotopic (exact) mass is 302 g/mol. The standard InChI is InChI=1S/C17H26N4O/c1-13-12-15(16(22)19-14-8-4-2-5-9-14)20-17(18-13)21-10-6-3-7-11-21/h12,14H,2-11H2,1H3,(H,19,22). The van der Waals surface area contributed by atoms with Crippen molar-refractivity contribution < 1.29 is 4.79 Å². The Bertz CT molecular complexity index is 519. The molecule has 0 aromatic carbocycles. The average molecular weight is 302 g/mol. The lowest BCUT2D eigenvalue weighted by Gasteiger charge is -2.27. The Kier molecular flexibility index (Phi) is 4.90. The summed E-state index contributed by atoms with van der Waals surface area (Å²) in [6, 6.07) is 2.11. The van der Waals surface area contributed by atoms with E-state index in [9.17, 15) is 4.79 Å². The highest BCUT2D eigenvalue weighted by molar-refractivity contribution is 5.92. The van der Waals surface area contributed by atoms with Gasteiger partial charge in [-0.05, 0) is 45.1 Å². The Balaban J connectivity index is 1.71. The van der Waals surface area contributed by atoms with Crippen molar-refractivity contribution in [1.29, 1.82) is 0 Å². The molecule has 1 aromatic heterocycles. The SMILES string of the molecule is Cc1cc(C(=O)NC2CCCCC2)nc(N2CCCCC2)n1. The molecule has 0 spiro atoms. The van der Waals surface area contributed by atoms with Gasteiger partial charge in [-0.1, -0.05) is 19.3 Å². The number of carbonyl (C=O) groups excluding carboxylic acids is 1. The molecular weight excluding hydrogens is 276 g/mol. The molecule has 1 amide bonds. The van der Waals surface area contributed by atoms with Gasteiger partial charge in [-0.25, -0.2) is 9.97 Å². The zero-order valence-corrected chi connectivity index (χ0v) is 13.5. The predicted molar refractivity (Wildman–Crippen MR) is 87.2 cm³/mol. The van der Waals surface area contributed by atoms with Gasteiger partial charge in [0.2, 0.25) is 5.95 Å². The third-order valence-corrected chi connectivity index (χ3v) is 4.65. The molecule has 1 N–H and O–H groups in total. The molecule has 0 bridgehead atoms. The fourth-order valence-corrected chi connectivity index (χ4v) is 3.41. The number of amides is 1. The van der Waals surface area contributed by atoms with Crippen molar-refractivity contribution >= 4 is 11.9 Å². The second-order valence-electron chi connectivity index (χ2n) is 6.55. The Morgan fingerprint density at radius 3 is 2.50 bits per heavy atom. The third-order valence-electron chi connectivity index (χ3n) is 4.65. The number of aromatic nitrogens is 2. The van der Waals surface area contributed by atoms with Gasteiger partial charge in [0.15, 0.2) is 0 Å². The highest BCUT2D eigenvalue weighted by atomic mass is 16.1. The van der Waals surface area contributed by atoms with E-state index in [0.717, 1.165) is 31.6 Å². The van der Waals surface area contributed by atoms with Crippen LogP contribution in [-0.4, -0.2) is 35.0 Å². The van der Waals surface area contributed by atoms with E-state index in [0.29, 0.717) is 17.7 Å². The highest BCUT2D eigenvalue weighted by Gasteiger charge is 2.20. The molecule has 5 nitrogen and oxygen atoms in total.